The number of amides is 1. The van der Waals surface area contributed by atoms with Gasteiger partial charge in [-0.05, 0) is 61.2 Å². The summed E-state index contributed by atoms with van der Waals surface area (Å²) in [5.41, 5.74) is 1.27. The van der Waals surface area contributed by atoms with Crippen LogP contribution in [0.1, 0.15) is 36.0 Å². The first-order valence-electron chi connectivity index (χ1n) is 9.34. The summed E-state index contributed by atoms with van der Waals surface area (Å²) in [6.07, 6.45) is 4.43. The van der Waals surface area contributed by atoms with E-state index in [4.69, 9.17) is 9.90 Å². The van der Waals surface area contributed by atoms with Gasteiger partial charge in [-0.15, -0.1) is 0 Å². The third-order valence-electron chi connectivity index (χ3n) is 4.66. The monoisotopic (exact) mass is 406 g/mol. The fourth-order valence-electron chi connectivity index (χ4n) is 3.21. The van der Waals surface area contributed by atoms with E-state index in [0.717, 1.165) is 31.5 Å². The molecule has 2 aromatic rings. The molecule has 0 aromatic heterocycles. The van der Waals surface area contributed by atoms with Crippen molar-refractivity contribution in [3.05, 3.63) is 53.6 Å². The van der Waals surface area contributed by atoms with E-state index in [9.17, 15) is 18.7 Å². The minimum Gasteiger partial charge on any atom is -0.505 e. The number of piperidine rings is 1. The average Bonchev–Trinajstić information content (AvgIpc) is 2.73. The maximum Gasteiger partial charge on any atom is 0.290 e. The van der Waals surface area contributed by atoms with Crippen LogP contribution in [0.5, 0.6) is 5.75 Å². The molecule has 1 unspecified atom stereocenters. The number of aromatic hydroxyl groups is 1. The Morgan fingerprint density at radius 1 is 1.21 bits per heavy atom. The van der Waals surface area contributed by atoms with Gasteiger partial charge in [0.15, 0.2) is 17.4 Å². The van der Waals surface area contributed by atoms with Crippen molar-refractivity contribution in [2.24, 2.45) is 0 Å². The van der Waals surface area contributed by atoms with Crippen molar-refractivity contribution >= 4 is 12.4 Å². The quantitative estimate of drug-likeness (QED) is 0.571. The summed E-state index contributed by atoms with van der Waals surface area (Å²) < 4.78 is 26.7. The van der Waals surface area contributed by atoms with Crippen LogP contribution >= 0.6 is 0 Å². The van der Waals surface area contributed by atoms with Gasteiger partial charge in [-0.2, -0.15) is 4.39 Å². The van der Waals surface area contributed by atoms with Gasteiger partial charge in [-0.25, -0.2) is 4.39 Å². The van der Waals surface area contributed by atoms with Gasteiger partial charge < -0.3 is 20.8 Å². The SMILES string of the molecule is O=C(NCCC1CCCCN1)c1cccc(-c2cc(O)c(F)c(F)c2)c1.O=CO. The van der Waals surface area contributed by atoms with Crippen molar-refractivity contribution in [1.82, 2.24) is 10.6 Å². The van der Waals surface area contributed by atoms with Crippen LogP contribution in [-0.4, -0.2) is 41.7 Å². The van der Waals surface area contributed by atoms with Crippen LogP contribution in [0, 0.1) is 11.6 Å². The summed E-state index contributed by atoms with van der Waals surface area (Å²) >= 11 is 0. The number of hydrogen-bond acceptors (Lipinski definition) is 4. The minimum absolute atomic E-state index is 0.213. The maximum atomic E-state index is 13.5. The molecule has 1 heterocycles. The lowest BCUT2D eigenvalue weighted by atomic mass is 10.0. The van der Waals surface area contributed by atoms with Crippen molar-refractivity contribution in [1.29, 1.82) is 0 Å². The minimum atomic E-state index is -1.28. The maximum absolute atomic E-state index is 13.5. The fourth-order valence-corrected chi connectivity index (χ4v) is 3.21. The summed E-state index contributed by atoms with van der Waals surface area (Å²) in [7, 11) is 0. The molecule has 0 aliphatic carbocycles. The molecule has 1 aliphatic heterocycles. The molecule has 156 valence electrons. The molecule has 8 heteroatoms. The van der Waals surface area contributed by atoms with E-state index in [1.807, 2.05) is 0 Å². The summed E-state index contributed by atoms with van der Waals surface area (Å²) in [6.45, 7) is 1.36. The van der Waals surface area contributed by atoms with Crippen molar-refractivity contribution in [2.45, 2.75) is 31.7 Å². The molecule has 1 aliphatic rings. The Kier molecular flexibility index (Phi) is 8.54. The highest BCUT2D eigenvalue weighted by Crippen LogP contribution is 2.28. The molecular formula is C21H24F2N2O4. The number of rotatable bonds is 5. The molecule has 0 spiro atoms. The Labute approximate surface area is 167 Å². The fraction of sp³-hybridized carbons (Fsp3) is 0.333. The zero-order chi connectivity index (χ0) is 21.2. The van der Waals surface area contributed by atoms with Gasteiger partial charge in [0.1, 0.15) is 0 Å². The third kappa shape index (κ3) is 6.53. The van der Waals surface area contributed by atoms with Crippen LogP contribution in [0.4, 0.5) is 8.78 Å². The van der Waals surface area contributed by atoms with Gasteiger partial charge >= 0.3 is 0 Å². The Bertz CT molecular complexity index is 816. The van der Waals surface area contributed by atoms with Gasteiger partial charge in [-0.1, -0.05) is 18.6 Å². The van der Waals surface area contributed by atoms with E-state index in [2.05, 4.69) is 10.6 Å². The molecule has 0 radical (unpaired) electrons. The average molecular weight is 406 g/mol. The van der Waals surface area contributed by atoms with Crippen LogP contribution in [0.3, 0.4) is 0 Å². The molecule has 0 saturated carbocycles. The molecule has 0 bridgehead atoms. The van der Waals surface area contributed by atoms with Crippen LogP contribution in [-0.2, 0) is 4.79 Å². The van der Waals surface area contributed by atoms with Gasteiger partial charge in [0.25, 0.3) is 12.4 Å². The summed E-state index contributed by atoms with van der Waals surface area (Å²) in [6, 6.07) is 9.20. The Hall–Kier alpha value is -3.00. The van der Waals surface area contributed by atoms with Crippen molar-refractivity contribution < 1.29 is 28.6 Å². The van der Waals surface area contributed by atoms with E-state index in [0.29, 0.717) is 29.3 Å². The van der Waals surface area contributed by atoms with Gasteiger partial charge in [0.05, 0.1) is 0 Å². The topological polar surface area (TPSA) is 98.7 Å². The lowest BCUT2D eigenvalue weighted by Crippen LogP contribution is -2.37. The molecule has 1 fully saturated rings. The van der Waals surface area contributed by atoms with E-state index >= 15 is 0 Å². The number of benzene rings is 2. The number of carbonyl (C=O) groups is 2. The van der Waals surface area contributed by atoms with Crippen molar-refractivity contribution in [3.8, 4) is 16.9 Å². The second kappa shape index (κ2) is 11.1. The van der Waals surface area contributed by atoms with E-state index in [-0.39, 0.29) is 12.4 Å². The number of halogens is 2. The molecule has 6 nitrogen and oxygen atoms in total. The predicted molar refractivity (Wildman–Crippen MR) is 105 cm³/mol. The molecule has 3 rings (SSSR count). The lowest BCUT2D eigenvalue weighted by molar-refractivity contribution is -0.122. The Balaban J connectivity index is 0.000000941. The van der Waals surface area contributed by atoms with Gasteiger partial charge in [0, 0.05) is 18.2 Å². The van der Waals surface area contributed by atoms with Crippen LogP contribution in [0.2, 0.25) is 0 Å². The zero-order valence-corrected chi connectivity index (χ0v) is 15.8. The number of nitrogens with one attached hydrogen (secondary N) is 2. The summed E-state index contributed by atoms with van der Waals surface area (Å²) in [5.74, 6) is -3.38. The normalized spacial score (nSPS) is 15.7. The van der Waals surface area contributed by atoms with Crippen molar-refractivity contribution in [2.75, 3.05) is 13.1 Å². The number of hydrogen-bond donors (Lipinski definition) is 4. The summed E-state index contributed by atoms with van der Waals surface area (Å²) in [5, 5.41) is 22.7. The molecule has 1 saturated heterocycles. The van der Waals surface area contributed by atoms with Gasteiger partial charge in [-0.3, -0.25) is 9.59 Å². The summed E-state index contributed by atoms with van der Waals surface area (Å²) in [4.78, 5) is 20.7. The molecular weight excluding hydrogens is 382 g/mol. The zero-order valence-electron chi connectivity index (χ0n) is 15.8. The van der Waals surface area contributed by atoms with Crippen molar-refractivity contribution in [3.63, 3.8) is 0 Å². The highest BCUT2D eigenvalue weighted by atomic mass is 19.2. The number of carboxylic acid groups (broad SMARTS) is 1. The number of phenols is 1. The van der Waals surface area contributed by atoms with Crippen LogP contribution in [0.15, 0.2) is 36.4 Å². The molecule has 1 atom stereocenters. The van der Waals surface area contributed by atoms with Gasteiger partial charge in [0.2, 0.25) is 0 Å². The lowest BCUT2D eigenvalue weighted by Gasteiger charge is -2.23. The first-order chi connectivity index (χ1) is 14.0. The third-order valence-corrected chi connectivity index (χ3v) is 4.66. The molecule has 4 N–H and O–H groups in total. The van der Waals surface area contributed by atoms with E-state index < -0.39 is 17.4 Å². The first kappa shape index (κ1) is 22.3. The van der Waals surface area contributed by atoms with Crippen LogP contribution in [0.25, 0.3) is 11.1 Å². The molecule has 1 amide bonds. The number of carbonyl (C=O) groups excluding carboxylic acids is 1. The van der Waals surface area contributed by atoms with E-state index in [1.165, 1.54) is 12.8 Å². The highest BCUT2D eigenvalue weighted by molar-refractivity contribution is 5.95. The Morgan fingerprint density at radius 3 is 2.62 bits per heavy atom. The highest BCUT2D eigenvalue weighted by Gasteiger charge is 2.14. The largest absolute Gasteiger partial charge is 0.505 e. The smallest absolute Gasteiger partial charge is 0.290 e. The number of phenolic OH excluding ortho intramolecular Hbond substituents is 1. The van der Waals surface area contributed by atoms with E-state index in [1.54, 1.807) is 24.3 Å². The second-order valence-electron chi connectivity index (χ2n) is 6.67. The second-order valence-corrected chi connectivity index (χ2v) is 6.67. The van der Waals surface area contributed by atoms with Crippen LogP contribution < -0.4 is 10.6 Å². The predicted octanol–water partition coefficient (Wildman–Crippen LogP) is 3.30. The molecule has 29 heavy (non-hydrogen) atoms. The first-order valence-corrected chi connectivity index (χ1v) is 9.34. The standard InChI is InChI=1S/C20H22F2N2O2.CH2O2/c21-17-11-15(12-18(25)19(17)22)13-4-3-5-14(10-13)20(26)24-9-7-16-6-1-2-8-23-16;2-1-3/h3-5,10-12,16,23,25H,1-2,6-9H2,(H,24,26);1H,(H,2,3). The Morgan fingerprint density at radius 2 is 1.97 bits per heavy atom. The molecule has 2 aromatic carbocycles.